The summed E-state index contributed by atoms with van der Waals surface area (Å²) in [6.45, 7) is 1.44. The first-order valence-corrected chi connectivity index (χ1v) is 9.87. The fourth-order valence-corrected chi connectivity index (χ4v) is 3.61. The van der Waals surface area contributed by atoms with Crippen LogP contribution in [-0.4, -0.2) is 44.3 Å². The number of hydrogen-bond acceptors (Lipinski definition) is 6. The van der Waals surface area contributed by atoms with Gasteiger partial charge < -0.3 is 14.3 Å². The number of carbonyl (C=O) groups is 2. The van der Waals surface area contributed by atoms with Crippen molar-refractivity contribution in [2.75, 3.05) is 27.3 Å². The van der Waals surface area contributed by atoms with Gasteiger partial charge in [-0.05, 0) is 67.5 Å². The molecule has 1 atom stereocenters. The normalized spacial score (nSPS) is 16.8. The van der Waals surface area contributed by atoms with E-state index in [0.29, 0.717) is 23.6 Å². The lowest BCUT2D eigenvalue weighted by molar-refractivity contribution is -0.131. The SMILES string of the molecule is COC(=O)c1cccc(C(=O)ON2CCCC(CCc3cccc(OC)c3)C2)c1. The van der Waals surface area contributed by atoms with E-state index in [-0.39, 0.29) is 0 Å². The monoisotopic (exact) mass is 397 g/mol. The van der Waals surface area contributed by atoms with Crippen molar-refractivity contribution >= 4 is 11.9 Å². The van der Waals surface area contributed by atoms with Crippen LogP contribution in [0.5, 0.6) is 5.75 Å². The molecule has 1 saturated heterocycles. The zero-order valence-electron chi connectivity index (χ0n) is 16.9. The van der Waals surface area contributed by atoms with E-state index in [0.717, 1.165) is 38.0 Å². The van der Waals surface area contributed by atoms with Crippen molar-refractivity contribution in [3.8, 4) is 5.75 Å². The average molecular weight is 397 g/mol. The Balaban J connectivity index is 1.54. The molecule has 3 rings (SSSR count). The minimum atomic E-state index is -0.477. The summed E-state index contributed by atoms with van der Waals surface area (Å²) in [5.41, 5.74) is 1.92. The lowest BCUT2D eigenvalue weighted by Crippen LogP contribution is -2.37. The molecule has 0 saturated carbocycles. The first kappa shape index (κ1) is 20.9. The van der Waals surface area contributed by atoms with Gasteiger partial charge >= 0.3 is 11.9 Å². The molecule has 1 fully saturated rings. The number of piperidine rings is 1. The molecule has 1 heterocycles. The Labute approximate surface area is 171 Å². The Bertz CT molecular complexity index is 851. The Kier molecular flexibility index (Phi) is 7.25. The van der Waals surface area contributed by atoms with Crippen LogP contribution >= 0.6 is 0 Å². The lowest BCUT2D eigenvalue weighted by atomic mass is 9.92. The standard InChI is InChI=1S/C23H27NO5/c1-27-21-10-3-6-17(14-21)11-12-18-7-5-13-24(16-18)29-23(26)20-9-4-8-19(15-20)22(25)28-2/h3-4,6,8-10,14-15,18H,5,7,11-13,16H2,1-2H3. The van der Waals surface area contributed by atoms with E-state index in [1.165, 1.54) is 18.7 Å². The minimum absolute atomic E-state index is 0.330. The van der Waals surface area contributed by atoms with Gasteiger partial charge in [0.2, 0.25) is 0 Å². The van der Waals surface area contributed by atoms with Crippen molar-refractivity contribution in [3.05, 3.63) is 65.2 Å². The molecule has 2 aromatic rings. The van der Waals surface area contributed by atoms with E-state index in [1.54, 1.807) is 30.4 Å². The number of hydrogen-bond donors (Lipinski definition) is 0. The van der Waals surface area contributed by atoms with Crippen LogP contribution in [0.3, 0.4) is 0 Å². The number of benzene rings is 2. The molecule has 0 aromatic heterocycles. The Morgan fingerprint density at radius 1 is 1.03 bits per heavy atom. The van der Waals surface area contributed by atoms with Crippen LogP contribution in [0.4, 0.5) is 0 Å². The first-order valence-electron chi connectivity index (χ1n) is 9.87. The topological polar surface area (TPSA) is 65.1 Å². The fraction of sp³-hybridized carbons (Fsp3) is 0.391. The first-order chi connectivity index (χ1) is 14.1. The summed E-state index contributed by atoms with van der Waals surface area (Å²) in [5, 5.41) is 1.74. The Hall–Kier alpha value is -2.86. The van der Waals surface area contributed by atoms with Gasteiger partial charge in [-0.3, -0.25) is 0 Å². The molecule has 6 nitrogen and oxygen atoms in total. The maximum atomic E-state index is 12.5. The van der Waals surface area contributed by atoms with Gasteiger partial charge in [-0.15, -0.1) is 5.06 Å². The molecule has 0 bridgehead atoms. The molecule has 154 valence electrons. The number of aryl methyl sites for hydroxylation is 1. The predicted molar refractivity (Wildman–Crippen MR) is 109 cm³/mol. The van der Waals surface area contributed by atoms with Gasteiger partial charge in [0.25, 0.3) is 0 Å². The molecule has 6 heteroatoms. The van der Waals surface area contributed by atoms with E-state index in [4.69, 9.17) is 14.3 Å². The Morgan fingerprint density at radius 3 is 2.55 bits per heavy atom. The smallest absolute Gasteiger partial charge is 0.357 e. The number of hydroxylamine groups is 2. The maximum Gasteiger partial charge on any atom is 0.357 e. The quantitative estimate of drug-likeness (QED) is 0.661. The van der Waals surface area contributed by atoms with E-state index < -0.39 is 11.9 Å². The third-order valence-electron chi connectivity index (χ3n) is 5.19. The molecular weight excluding hydrogens is 370 g/mol. The summed E-state index contributed by atoms with van der Waals surface area (Å²) < 4.78 is 9.99. The van der Waals surface area contributed by atoms with Crippen LogP contribution < -0.4 is 4.74 Å². The van der Waals surface area contributed by atoms with E-state index >= 15 is 0 Å². The van der Waals surface area contributed by atoms with Crippen molar-refractivity contribution in [1.29, 1.82) is 0 Å². The molecule has 0 radical (unpaired) electrons. The highest BCUT2D eigenvalue weighted by Crippen LogP contribution is 2.23. The highest BCUT2D eigenvalue weighted by Gasteiger charge is 2.23. The summed E-state index contributed by atoms with van der Waals surface area (Å²) in [6.07, 6.45) is 4.10. The molecule has 0 aliphatic carbocycles. The summed E-state index contributed by atoms with van der Waals surface area (Å²) in [4.78, 5) is 29.7. The summed E-state index contributed by atoms with van der Waals surface area (Å²) in [5.74, 6) is 0.402. The second-order valence-corrected chi connectivity index (χ2v) is 7.24. The van der Waals surface area contributed by atoms with Crippen LogP contribution in [0, 0.1) is 5.92 Å². The van der Waals surface area contributed by atoms with Gasteiger partial charge in [0, 0.05) is 13.1 Å². The zero-order chi connectivity index (χ0) is 20.6. The largest absolute Gasteiger partial charge is 0.497 e. The maximum absolute atomic E-state index is 12.5. The molecule has 0 N–H and O–H groups in total. The van der Waals surface area contributed by atoms with Crippen molar-refractivity contribution < 1.29 is 23.9 Å². The number of carbonyl (C=O) groups excluding carboxylic acids is 2. The van der Waals surface area contributed by atoms with Gasteiger partial charge in [0.05, 0.1) is 25.3 Å². The number of esters is 1. The molecule has 2 aromatic carbocycles. The molecular formula is C23H27NO5. The zero-order valence-corrected chi connectivity index (χ0v) is 16.9. The fourth-order valence-electron chi connectivity index (χ4n) is 3.61. The minimum Gasteiger partial charge on any atom is -0.497 e. The second-order valence-electron chi connectivity index (χ2n) is 7.24. The van der Waals surface area contributed by atoms with Crippen LogP contribution in [0.15, 0.2) is 48.5 Å². The summed E-state index contributed by atoms with van der Waals surface area (Å²) in [7, 11) is 2.99. The van der Waals surface area contributed by atoms with Crippen LogP contribution in [0.25, 0.3) is 0 Å². The van der Waals surface area contributed by atoms with Gasteiger partial charge in [-0.1, -0.05) is 18.2 Å². The number of rotatable bonds is 7. The molecule has 0 spiro atoms. The molecule has 29 heavy (non-hydrogen) atoms. The summed E-state index contributed by atoms with van der Waals surface area (Å²) >= 11 is 0. The molecule has 1 unspecified atom stereocenters. The molecule has 1 aliphatic rings. The number of nitrogens with zero attached hydrogens (tertiary/aromatic N) is 1. The van der Waals surface area contributed by atoms with Gasteiger partial charge in [-0.25, -0.2) is 9.59 Å². The second kappa shape index (κ2) is 10.1. The highest BCUT2D eigenvalue weighted by atomic mass is 16.7. The van der Waals surface area contributed by atoms with Crippen LogP contribution in [0.2, 0.25) is 0 Å². The van der Waals surface area contributed by atoms with E-state index in [2.05, 4.69) is 12.1 Å². The van der Waals surface area contributed by atoms with Gasteiger partial charge in [0.1, 0.15) is 5.75 Å². The highest BCUT2D eigenvalue weighted by molar-refractivity contribution is 5.95. The van der Waals surface area contributed by atoms with Crippen molar-refractivity contribution in [2.45, 2.75) is 25.7 Å². The average Bonchev–Trinajstić information content (AvgIpc) is 2.77. The third kappa shape index (κ3) is 5.81. The molecule has 0 amide bonds. The van der Waals surface area contributed by atoms with Crippen LogP contribution in [-0.2, 0) is 16.0 Å². The molecule has 1 aliphatic heterocycles. The van der Waals surface area contributed by atoms with Gasteiger partial charge in [0.15, 0.2) is 0 Å². The number of ether oxygens (including phenoxy) is 2. The van der Waals surface area contributed by atoms with Crippen molar-refractivity contribution in [3.63, 3.8) is 0 Å². The van der Waals surface area contributed by atoms with Gasteiger partial charge in [-0.2, -0.15) is 0 Å². The van der Waals surface area contributed by atoms with E-state index in [9.17, 15) is 9.59 Å². The predicted octanol–water partition coefficient (Wildman–Crippen LogP) is 3.90. The van der Waals surface area contributed by atoms with Crippen molar-refractivity contribution in [1.82, 2.24) is 5.06 Å². The van der Waals surface area contributed by atoms with E-state index in [1.807, 2.05) is 12.1 Å². The van der Waals surface area contributed by atoms with Crippen molar-refractivity contribution in [2.24, 2.45) is 5.92 Å². The van der Waals surface area contributed by atoms with Crippen LogP contribution in [0.1, 0.15) is 45.5 Å². The number of methoxy groups -OCH3 is 2. The third-order valence-corrected chi connectivity index (χ3v) is 5.19. The Morgan fingerprint density at radius 2 is 1.79 bits per heavy atom. The lowest BCUT2D eigenvalue weighted by Gasteiger charge is -2.31. The summed E-state index contributed by atoms with van der Waals surface area (Å²) in [6, 6.07) is 14.5.